The van der Waals surface area contributed by atoms with Crippen molar-refractivity contribution in [1.82, 2.24) is 9.55 Å². The summed E-state index contributed by atoms with van der Waals surface area (Å²) in [5.41, 5.74) is 1.81. The molecule has 0 fully saturated rings. The van der Waals surface area contributed by atoms with Crippen molar-refractivity contribution in [2.24, 2.45) is 0 Å². The summed E-state index contributed by atoms with van der Waals surface area (Å²) in [6.07, 6.45) is 2.54. The molecule has 0 saturated carbocycles. The Kier molecular flexibility index (Phi) is 4.85. The highest BCUT2D eigenvalue weighted by Crippen LogP contribution is 2.29. The van der Waals surface area contributed by atoms with Crippen molar-refractivity contribution in [2.45, 2.75) is 12.7 Å². The normalized spacial score (nSPS) is 12.3. The highest BCUT2D eigenvalue weighted by atomic mass is 79.9. The molecule has 0 amide bonds. The van der Waals surface area contributed by atoms with Crippen LogP contribution in [-0.4, -0.2) is 9.55 Å². The van der Waals surface area contributed by atoms with E-state index in [1.807, 2.05) is 30.5 Å². The molecule has 0 unspecified atom stereocenters. The van der Waals surface area contributed by atoms with Crippen molar-refractivity contribution in [3.05, 3.63) is 88.2 Å². The van der Waals surface area contributed by atoms with Crippen molar-refractivity contribution in [3.63, 3.8) is 0 Å². The lowest BCUT2D eigenvalue weighted by Gasteiger charge is -2.05. The first-order chi connectivity index (χ1) is 13.4. The molecule has 0 radical (unpaired) electrons. The molecule has 3 nitrogen and oxygen atoms in total. The number of aromatic nitrogens is 2. The van der Waals surface area contributed by atoms with Gasteiger partial charge < -0.3 is 8.98 Å². The van der Waals surface area contributed by atoms with Gasteiger partial charge in [0, 0.05) is 27.6 Å². The molecule has 0 atom stereocenters. The quantitative estimate of drug-likeness (QED) is 0.352. The summed E-state index contributed by atoms with van der Waals surface area (Å²) in [7, 11) is 0. The van der Waals surface area contributed by atoms with Crippen LogP contribution in [0.1, 0.15) is 22.7 Å². The maximum atomic E-state index is 12.6. The lowest BCUT2D eigenvalue weighted by molar-refractivity contribution is -0.137. The number of hydrogen-bond donors (Lipinski definition) is 0. The van der Waals surface area contributed by atoms with Crippen LogP contribution in [0.5, 0.6) is 0 Å². The van der Waals surface area contributed by atoms with E-state index in [0.717, 1.165) is 33.2 Å². The standard InChI is InChI=1S/C21H14BrF3N2O/c22-17-6-7-19-15(11-17)9-10-27(19)12-18-13-28-20(26-18)8-3-14-1-4-16(5-2-14)21(23,24)25/h1-11,13H,12H2/b8-3+. The van der Waals surface area contributed by atoms with Gasteiger partial charge in [-0.3, -0.25) is 0 Å². The van der Waals surface area contributed by atoms with Crippen LogP contribution in [0.3, 0.4) is 0 Å². The van der Waals surface area contributed by atoms with Gasteiger partial charge in [-0.15, -0.1) is 0 Å². The van der Waals surface area contributed by atoms with Crippen LogP contribution in [0, 0.1) is 0 Å². The molecule has 0 aliphatic rings. The first-order valence-corrected chi connectivity index (χ1v) is 9.22. The van der Waals surface area contributed by atoms with E-state index in [9.17, 15) is 13.2 Å². The van der Waals surface area contributed by atoms with Crippen LogP contribution in [0.25, 0.3) is 23.1 Å². The highest BCUT2D eigenvalue weighted by molar-refractivity contribution is 9.10. The third-order valence-corrected chi connectivity index (χ3v) is 4.78. The van der Waals surface area contributed by atoms with Crippen molar-refractivity contribution in [3.8, 4) is 0 Å². The fraction of sp³-hybridized carbons (Fsp3) is 0.0952. The molecule has 7 heteroatoms. The monoisotopic (exact) mass is 446 g/mol. The van der Waals surface area contributed by atoms with E-state index in [4.69, 9.17) is 4.42 Å². The van der Waals surface area contributed by atoms with Gasteiger partial charge in [-0.2, -0.15) is 13.2 Å². The zero-order valence-corrected chi connectivity index (χ0v) is 16.0. The van der Waals surface area contributed by atoms with Crippen LogP contribution < -0.4 is 0 Å². The van der Waals surface area contributed by atoms with Gasteiger partial charge in [0.15, 0.2) is 0 Å². The average Bonchev–Trinajstić information content (AvgIpc) is 3.27. The molecular weight excluding hydrogens is 433 g/mol. The lowest BCUT2D eigenvalue weighted by Crippen LogP contribution is -2.03. The molecule has 0 bridgehead atoms. The van der Waals surface area contributed by atoms with Gasteiger partial charge in [0.1, 0.15) is 6.26 Å². The molecule has 0 spiro atoms. The molecule has 0 saturated heterocycles. The fourth-order valence-electron chi connectivity index (χ4n) is 2.91. The number of nitrogens with zero attached hydrogens (tertiary/aromatic N) is 2. The third kappa shape index (κ3) is 4.04. The Morgan fingerprint density at radius 1 is 1.04 bits per heavy atom. The second kappa shape index (κ2) is 7.31. The SMILES string of the molecule is FC(F)(F)c1ccc(/C=C/c2nc(Cn3ccc4cc(Br)ccc43)co2)cc1. The molecule has 2 heterocycles. The zero-order chi connectivity index (χ0) is 19.7. The number of benzene rings is 2. The second-order valence-electron chi connectivity index (χ2n) is 6.28. The highest BCUT2D eigenvalue weighted by Gasteiger charge is 2.29. The maximum absolute atomic E-state index is 12.6. The Morgan fingerprint density at radius 3 is 2.57 bits per heavy atom. The maximum Gasteiger partial charge on any atom is 0.416 e. The predicted octanol–water partition coefficient (Wildman–Crippen LogP) is 6.63. The Balaban J connectivity index is 1.47. The van der Waals surface area contributed by atoms with Gasteiger partial charge in [0.2, 0.25) is 5.89 Å². The fourth-order valence-corrected chi connectivity index (χ4v) is 3.28. The summed E-state index contributed by atoms with van der Waals surface area (Å²) >= 11 is 3.46. The molecule has 2 aromatic heterocycles. The van der Waals surface area contributed by atoms with Crippen LogP contribution in [-0.2, 0) is 12.7 Å². The minimum atomic E-state index is -4.33. The van der Waals surface area contributed by atoms with Gasteiger partial charge in [0.25, 0.3) is 0 Å². The van der Waals surface area contributed by atoms with E-state index < -0.39 is 11.7 Å². The summed E-state index contributed by atoms with van der Waals surface area (Å²) in [6.45, 7) is 0.558. The van der Waals surface area contributed by atoms with E-state index in [1.165, 1.54) is 12.1 Å². The minimum Gasteiger partial charge on any atom is -0.445 e. The summed E-state index contributed by atoms with van der Waals surface area (Å²) in [5.74, 6) is 0.397. The smallest absolute Gasteiger partial charge is 0.416 e. The molecule has 142 valence electrons. The van der Waals surface area contributed by atoms with E-state index in [2.05, 4.69) is 25.5 Å². The summed E-state index contributed by atoms with van der Waals surface area (Å²) in [6, 6.07) is 13.0. The van der Waals surface area contributed by atoms with Crippen LogP contribution >= 0.6 is 15.9 Å². The second-order valence-corrected chi connectivity index (χ2v) is 7.19. The molecule has 2 aromatic carbocycles. The molecule has 4 rings (SSSR count). The van der Waals surface area contributed by atoms with E-state index in [0.29, 0.717) is 18.0 Å². The molecular formula is C21H14BrF3N2O. The lowest BCUT2D eigenvalue weighted by atomic mass is 10.1. The van der Waals surface area contributed by atoms with Crippen molar-refractivity contribution in [2.75, 3.05) is 0 Å². The van der Waals surface area contributed by atoms with Crippen molar-refractivity contribution < 1.29 is 17.6 Å². The summed E-state index contributed by atoms with van der Waals surface area (Å²) in [5, 5.41) is 1.13. The number of alkyl halides is 3. The summed E-state index contributed by atoms with van der Waals surface area (Å²) < 4.78 is 46.3. The average molecular weight is 447 g/mol. The topological polar surface area (TPSA) is 31.0 Å². The summed E-state index contributed by atoms with van der Waals surface area (Å²) in [4.78, 5) is 4.42. The Hall–Kier alpha value is -2.80. The zero-order valence-electron chi connectivity index (χ0n) is 14.4. The van der Waals surface area contributed by atoms with Gasteiger partial charge >= 0.3 is 6.18 Å². The Bertz CT molecular complexity index is 1140. The van der Waals surface area contributed by atoms with Crippen LogP contribution in [0.4, 0.5) is 13.2 Å². The van der Waals surface area contributed by atoms with Gasteiger partial charge in [-0.25, -0.2) is 4.98 Å². The number of hydrogen-bond acceptors (Lipinski definition) is 2. The van der Waals surface area contributed by atoms with E-state index in [-0.39, 0.29) is 0 Å². The van der Waals surface area contributed by atoms with Crippen molar-refractivity contribution in [1.29, 1.82) is 0 Å². The molecule has 28 heavy (non-hydrogen) atoms. The minimum absolute atomic E-state index is 0.397. The molecule has 0 aliphatic heterocycles. The van der Waals surface area contributed by atoms with E-state index in [1.54, 1.807) is 18.4 Å². The predicted molar refractivity (Wildman–Crippen MR) is 106 cm³/mol. The first-order valence-electron chi connectivity index (χ1n) is 8.43. The molecule has 0 N–H and O–H groups in total. The third-order valence-electron chi connectivity index (χ3n) is 4.29. The Morgan fingerprint density at radius 2 is 1.82 bits per heavy atom. The Labute approximate surface area is 167 Å². The number of halogens is 4. The molecule has 0 aliphatic carbocycles. The number of fused-ring (bicyclic) bond motifs is 1. The first kappa shape index (κ1) is 18.6. The largest absolute Gasteiger partial charge is 0.445 e. The number of rotatable bonds is 4. The van der Waals surface area contributed by atoms with Crippen LogP contribution in [0.2, 0.25) is 0 Å². The van der Waals surface area contributed by atoms with Gasteiger partial charge in [-0.1, -0.05) is 28.1 Å². The van der Waals surface area contributed by atoms with Gasteiger partial charge in [0.05, 0.1) is 17.8 Å². The van der Waals surface area contributed by atoms with E-state index >= 15 is 0 Å². The van der Waals surface area contributed by atoms with Crippen molar-refractivity contribution >= 4 is 39.0 Å². The van der Waals surface area contributed by atoms with Crippen LogP contribution in [0.15, 0.2) is 69.9 Å². The molecule has 4 aromatic rings. The van der Waals surface area contributed by atoms with Gasteiger partial charge in [-0.05, 0) is 48.0 Å². The number of oxazole rings is 1.